The number of amides is 1. The van der Waals surface area contributed by atoms with Crippen molar-refractivity contribution in [2.24, 2.45) is 5.41 Å². The predicted molar refractivity (Wildman–Crippen MR) is 143 cm³/mol. The zero-order valence-electron chi connectivity index (χ0n) is 21.8. The summed E-state index contributed by atoms with van der Waals surface area (Å²) >= 11 is 0. The van der Waals surface area contributed by atoms with Crippen LogP contribution in [0.25, 0.3) is 11.1 Å². The van der Waals surface area contributed by atoms with E-state index in [0.717, 1.165) is 44.7 Å². The van der Waals surface area contributed by atoms with Crippen LogP contribution >= 0.6 is 0 Å². The molecule has 0 bridgehead atoms. The van der Waals surface area contributed by atoms with E-state index in [1.807, 2.05) is 12.1 Å². The minimum absolute atomic E-state index is 0.190. The third kappa shape index (κ3) is 6.79. The van der Waals surface area contributed by atoms with Crippen molar-refractivity contribution >= 4 is 11.6 Å². The molecule has 0 saturated heterocycles. The van der Waals surface area contributed by atoms with Crippen LogP contribution in [0, 0.1) is 5.41 Å². The van der Waals surface area contributed by atoms with Crippen LogP contribution in [0.3, 0.4) is 0 Å². The van der Waals surface area contributed by atoms with E-state index in [0.29, 0.717) is 22.4 Å². The summed E-state index contributed by atoms with van der Waals surface area (Å²) in [7, 11) is 4.20. The summed E-state index contributed by atoms with van der Waals surface area (Å²) in [4.78, 5) is 17.9. The lowest BCUT2D eigenvalue weighted by atomic mass is 9.90. The van der Waals surface area contributed by atoms with Gasteiger partial charge in [-0.05, 0) is 78.5 Å². The summed E-state index contributed by atoms with van der Waals surface area (Å²) in [5, 5.41) is 2.99. The number of carbonyl (C=O) groups excluding carboxylic acids is 1. The molecule has 0 aliphatic carbocycles. The molecule has 1 N–H and O–H groups in total. The second-order valence-electron chi connectivity index (χ2n) is 10.9. The third-order valence-electron chi connectivity index (χ3n) is 6.65. The molecular formula is C30H34F3N3O. The Labute approximate surface area is 217 Å². The van der Waals surface area contributed by atoms with Gasteiger partial charge in [-0.2, -0.15) is 13.2 Å². The standard InChI is InChI=1S/C30H34F3N3O/c1-29(2,19-35(3)4)20-36-16-15-22-17-25(14-11-23(22)18-36)34-28(37)27-8-6-5-7-26(27)21-9-12-24(13-10-21)30(31,32)33/h5-14,17H,15-16,18-20H2,1-4H3,(H,34,37). The maximum atomic E-state index is 13.2. The molecule has 0 unspecified atom stereocenters. The molecule has 196 valence electrons. The van der Waals surface area contributed by atoms with Gasteiger partial charge in [0.2, 0.25) is 0 Å². The van der Waals surface area contributed by atoms with Gasteiger partial charge in [0, 0.05) is 37.4 Å². The molecule has 1 amide bonds. The predicted octanol–water partition coefficient (Wildman–Crippen LogP) is 6.57. The van der Waals surface area contributed by atoms with E-state index in [2.05, 4.69) is 49.1 Å². The number of nitrogens with one attached hydrogen (secondary N) is 1. The molecule has 7 heteroatoms. The summed E-state index contributed by atoms with van der Waals surface area (Å²) in [6, 6.07) is 17.9. The monoisotopic (exact) mass is 509 g/mol. The van der Waals surface area contributed by atoms with Crippen molar-refractivity contribution in [3.63, 3.8) is 0 Å². The number of anilines is 1. The smallest absolute Gasteiger partial charge is 0.322 e. The Balaban J connectivity index is 1.47. The second-order valence-corrected chi connectivity index (χ2v) is 10.9. The van der Waals surface area contributed by atoms with Crippen molar-refractivity contribution in [1.29, 1.82) is 0 Å². The molecule has 4 rings (SSSR count). The number of carbonyl (C=O) groups is 1. The summed E-state index contributed by atoms with van der Waals surface area (Å²) in [6.07, 6.45) is -3.49. The number of nitrogens with zero attached hydrogens (tertiary/aromatic N) is 2. The van der Waals surface area contributed by atoms with Crippen LogP contribution in [0.5, 0.6) is 0 Å². The summed E-state index contributed by atoms with van der Waals surface area (Å²) < 4.78 is 38.9. The normalized spacial score (nSPS) is 14.5. The number of rotatable bonds is 7. The summed E-state index contributed by atoms with van der Waals surface area (Å²) in [6.45, 7) is 8.49. The van der Waals surface area contributed by atoms with Crippen molar-refractivity contribution in [2.45, 2.75) is 33.0 Å². The maximum Gasteiger partial charge on any atom is 0.416 e. The van der Waals surface area contributed by atoms with E-state index in [1.165, 1.54) is 23.3 Å². The van der Waals surface area contributed by atoms with Gasteiger partial charge in [-0.25, -0.2) is 0 Å². The van der Waals surface area contributed by atoms with Gasteiger partial charge < -0.3 is 10.2 Å². The minimum Gasteiger partial charge on any atom is -0.322 e. The number of hydrogen-bond donors (Lipinski definition) is 1. The van der Waals surface area contributed by atoms with Crippen molar-refractivity contribution in [3.8, 4) is 11.1 Å². The minimum atomic E-state index is -4.40. The van der Waals surface area contributed by atoms with Gasteiger partial charge in [0.1, 0.15) is 0 Å². The Morgan fingerprint density at radius 3 is 2.35 bits per heavy atom. The van der Waals surface area contributed by atoms with Gasteiger partial charge in [-0.15, -0.1) is 0 Å². The Bertz CT molecular complexity index is 1250. The molecule has 1 aliphatic heterocycles. The molecule has 0 spiro atoms. The first-order valence-electron chi connectivity index (χ1n) is 12.5. The number of hydrogen-bond acceptors (Lipinski definition) is 3. The topological polar surface area (TPSA) is 35.6 Å². The molecular weight excluding hydrogens is 475 g/mol. The van der Waals surface area contributed by atoms with E-state index >= 15 is 0 Å². The van der Waals surface area contributed by atoms with Gasteiger partial charge in [0.05, 0.1) is 5.56 Å². The summed E-state index contributed by atoms with van der Waals surface area (Å²) in [5.41, 5.74) is 4.25. The molecule has 1 heterocycles. The first kappa shape index (κ1) is 26.9. The second kappa shape index (κ2) is 10.7. The van der Waals surface area contributed by atoms with E-state index < -0.39 is 11.7 Å². The van der Waals surface area contributed by atoms with Crippen LogP contribution in [0.1, 0.15) is 40.9 Å². The van der Waals surface area contributed by atoms with Crippen LogP contribution in [-0.4, -0.2) is 49.4 Å². The third-order valence-corrected chi connectivity index (χ3v) is 6.65. The van der Waals surface area contributed by atoms with E-state index in [1.54, 1.807) is 24.3 Å². The highest BCUT2D eigenvalue weighted by molar-refractivity contribution is 6.08. The lowest BCUT2D eigenvalue weighted by molar-refractivity contribution is -0.137. The van der Waals surface area contributed by atoms with Crippen LogP contribution in [0.15, 0.2) is 66.7 Å². The Morgan fingerprint density at radius 2 is 1.68 bits per heavy atom. The quantitative estimate of drug-likeness (QED) is 0.391. The highest BCUT2D eigenvalue weighted by atomic mass is 19.4. The number of alkyl halides is 3. The first-order valence-corrected chi connectivity index (χ1v) is 12.5. The molecule has 0 fully saturated rings. The number of fused-ring (bicyclic) bond motifs is 1. The van der Waals surface area contributed by atoms with E-state index in [9.17, 15) is 18.0 Å². The largest absolute Gasteiger partial charge is 0.416 e. The average Bonchev–Trinajstić information content (AvgIpc) is 2.82. The zero-order chi connectivity index (χ0) is 26.8. The van der Waals surface area contributed by atoms with Crippen molar-refractivity contribution in [3.05, 3.63) is 89.0 Å². The van der Waals surface area contributed by atoms with Crippen molar-refractivity contribution in [2.75, 3.05) is 39.0 Å². The van der Waals surface area contributed by atoms with Gasteiger partial charge in [0.15, 0.2) is 0 Å². The van der Waals surface area contributed by atoms with Crippen molar-refractivity contribution < 1.29 is 18.0 Å². The van der Waals surface area contributed by atoms with Gasteiger partial charge in [-0.3, -0.25) is 9.69 Å². The van der Waals surface area contributed by atoms with Crippen LogP contribution in [0.4, 0.5) is 18.9 Å². The molecule has 3 aromatic rings. The highest BCUT2D eigenvalue weighted by Gasteiger charge is 2.30. The Morgan fingerprint density at radius 1 is 0.973 bits per heavy atom. The van der Waals surface area contributed by atoms with E-state index in [4.69, 9.17) is 0 Å². The Kier molecular flexibility index (Phi) is 7.76. The van der Waals surface area contributed by atoms with Crippen LogP contribution in [0.2, 0.25) is 0 Å². The number of benzene rings is 3. The molecule has 4 nitrogen and oxygen atoms in total. The van der Waals surface area contributed by atoms with Gasteiger partial charge >= 0.3 is 6.18 Å². The van der Waals surface area contributed by atoms with E-state index in [-0.39, 0.29) is 11.3 Å². The van der Waals surface area contributed by atoms with Gasteiger partial charge in [0.25, 0.3) is 5.91 Å². The van der Waals surface area contributed by atoms with Crippen LogP contribution in [-0.2, 0) is 19.1 Å². The van der Waals surface area contributed by atoms with Crippen LogP contribution < -0.4 is 5.32 Å². The first-order chi connectivity index (χ1) is 17.4. The molecule has 37 heavy (non-hydrogen) atoms. The lowest BCUT2D eigenvalue weighted by Crippen LogP contribution is -2.42. The molecule has 0 saturated carbocycles. The van der Waals surface area contributed by atoms with Gasteiger partial charge in [-0.1, -0.05) is 50.2 Å². The van der Waals surface area contributed by atoms with Crippen molar-refractivity contribution in [1.82, 2.24) is 9.80 Å². The Hall–Kier alpha value is -3.16. The SMILES string of the molecule is CN(C)CC(C)(C)CN1CCc2cc(NC(=O)c3ccccc3-c3ccc(C(F)(F)F)cc3)ccc2C1. The molecule has 1 aliphatic rings. The fourth-order valence-corrected chi connectivity index (χ4v) is 5.31. The molecule has 0 radical (unpaired) electrons. The number of halogens is 3. The summed E-state index contributed by atoms with van der Waals surface area (Å²) in [5.74, 6) is -0.293. The average molecular weight is 510 g/mol. The maximum absolute atomic E-state index is 13.2. The lowest BCUT2D eigenvalue weighted by Gasteiger charge is -2.37. The molecule has 3 aromatic carbocycles. The fraction of sp³-hybridized carbons (Fsp3) is 0.367. The fourth-order valence-electron chi connectivity index (χ4n) is 5.31. The molecule has 0 aromatic heterocycles. The zero-order valence-corrected chi connectivity index (χ0v) is 21.8. The molecule has 0 atom stereocenters. The highest BCUT2D eigenvalue weighted by Crippen LogP contribution is 2.32.